The summed E-state index contributed by atoms with van der Waals surface area (Å²) in [5, 5.41) is 0. The van der Waals surface area contributed by atoms with Crippen molar-refractivity contribution in [3.8, 4) is 0 Å². The van der Waals surface area contributed by atoms with Crippen molar-refractivity contribution in [2.24, 2.45) is 0 Å². The van der Waals surface area contributed by atoms with E-state index < -0.39 is 10.1 Å². The van der Waals surface area contributed by atoms with Gasteiger partial charge in [0.1, 0.15) is 0 Å². The lowest BCUT2D eigenvalue weighted by Gasteiger charge is -2.16. The lowest BCUT2D eigenvalue weighted by Crippen LogP contribution is -2.22. The van der Waals surface area contributed by atoms with Gasteiger partial charge in [-0.1, -0.05) is 32.6 Å². The molecule has 1 aromatic heterocycles. The molecule has 0 spiro atoms. The maximum atomic E-state index is 11.2. The first-order valence-electron chi connectivity index (χ1n) is 6.35. The molecule has 0 aromatic carbocycles. The van der Waals surface area contributed by atoms with E-state index in [-0.39, 0.29) is 6.10 Å². The summed E-state index contributed by atoms with van der Waals surface area (Å²) in [6.07, 6.45) is 11.2. The van der Waals surface area contributed by atoms with Crippen LogP contribution >= 0.6 is 0 Å². The van der Waals surface area contributed by atoms with E-state index in [1.54, 1.807) is 12.5 Å². The van der Waals surface area contributed by atoms with Crippen LogP contribution in [0.15, 0.2) is 18.7 Å². The summed E-state index contributed by atoms with van der Waals surface area (Å²) >= 11 is 0. The number of aromatic nitrogens is 2. The molecule has 1 rings (SSSR count). The molecule has 0 fully saturated rings. The molecule has 0 N–H and O–H groups in total. The van der Waals surface area contributed by atoms with Crippen LogP contribution in [0.3, 0.4) is 0 Å². The second-order valence-electron chi connectivity index (χ2n) is 4.53. The van der Waals surface area contributed by atoms with E-state index in [1.807, 2.05) is 10.8 Å². The zero-order chi connectivity index (χ0) is 13.4. The van der Waals surface area contributed by atoms with Crippen molar-refractivity contribution >= 4 is 10.1 Å². The van der Waals surface area contributed by atoms with Gasteiger partial charge in [0.25, 0.3) is 10.1 Å². The molecule has 0 saturated carbocycles. The van der Waals surface area contributed by atoms with Crippen molar-refractivity contribution in [1.29, 1.82) is 0 Å². The van der Waals surface area contributed by atoms with E-state index in [9.17, 15) is 8.42 Å². The molecule has 104 valence electrons. The van der Waals surface area contributed by atoms with Gasteiger partial charge >= 0.3 is 0 Å². The molecule has 5 nitrogen and oxygen atoms in total. The van der Waals surface area contributed by atoms with E-state index in [0.29, 0.717) is 6.54 Å². The maximum Gasteiger partial charge on any atom is 0.264 e. The van der Waals surface area contributed by atoms with Crippen molar-refractivity contribution in [1.82, 2.24) is 9.55 Å². The number of nitrogens with zero attached hydrogens (tertiary/aromatic N) is 2. The topological polar surface area (TPSA) is 61.2 Å². The predicted octanol–water partition coefficient (Wildman–Crippen LogP) is 2.20. The van der Waals surface area contributed by atoms with E-state index in [1.165, 1.54) is 12.8 Å². The fourth-order valence-corrected chi connectivity index (χ4v) is 2.50. The Labute approximate surface area is 109 Å². The normalized spacial score (nSPS) is 13.7. The SMILES string of the molecule is CCCCCCC(Cn1ccnc1)OS(C)(=O)=O. The second-order valence-corrected chi connectivity index (χ2v) is 6.13. The van der Waals surface area contributed by atoms with Gasteiger partial charge in [-0.15, -0.1) is 0 Å². The number of hydrogen-bond donors (Lipinski definition) is 0. The number of unbranched alkanes of at least 4 members (excludes halogenated alkanes) is 3. The van der Waals surface area contributed by atoms with Crippen LogP contribution in [-0.4, -0.2) is 30.3 Å². The van der Waals surface area contributed by atoms with Gasteiger partial charge in [-0.05, 0) is 6.42 Å². The average Bonchev–Trinajstić information content (AvgIpc) is 2.74. The summed E-state index contributed by atoms with van der Waals surface area (Å²) in [6.45, 7) is 2.68. The summed E-state index contributed by atoms with van der Waals surface area (Å²) in [6, 6.07) is 0. The van der Waals surface area contributed by atoms with Gasteiger partial charge in [-0.3, -0.25) is 4.18 Å². The van der Waals surface area contributed by atoms with Gasteiger partial charge in [0.15, 0.2) is 0 Å². The summed E-state index contributed by atoms with van der Waals surface area (Å²) in [7, 11) is -3.40. The molecule has 0 aliphatic carbocycles. The summed E-state index contributed by atoms with van der Waals surface area (Å²) in [5.41, 5.74) is 0. The van der Waals surface area contributed by atoms with E-state index in [4.69, 9.17) is 4.18 Å². The molecule has 1 heterocycles. The Bertz CT molecular complexity index is 415. The fourth-order valence-electron chi connectivity index (χ4n) is 1.85. The van der Waals surface area contributed by atoms with Gasteiger partial charge in [0.05, 0.1) is 25.2 Å². The van der Waals surface area contributed by atoms with Crippen LogP contribution in [0.2, 0.25) is 0 Å². The van der Waals surface area contributed by atoms with E-state index >= 15 is 0 Å². The highest BCUT2D eigenvalue weighted by atomic mass is 32.2. The average molecular weight is 274 g/mol. The van der Waals surface area contributed by atoms with Gasteiger partial charge < -0.3 is 4.57 Å². The summed E-state index contributed by atoms with van der Waals surface area (Å²) in [4.78, 5) is 3.94. The van der Waals surface area contributed by atoms with Crippen LogP contribution in [0, 0.1) is 0 Å². The van der Waals surface area contributed by atoms with Crippen LogP contribution in [0.5, 0.6) is 0 Å². The molecule has 6 heteroatoms. The highest BCUT2D eigenvalue weighted by Crippen LogP contribution is 2.12. The molecule has 0 amide bonds. The van der Waals surface area contributed by atoms with Crippen molar-refractivity contribution in [3.63, 3.8) is 0 Å². The van der Waals surface area contributed by atoms with Crippen molar-refractivity contribution < 1.29 is 12.6 Å². The Balaban J connectivity index is 2.47. The maximum absolute atomic E-state index is 11.2. The highest BCUT2D eigenvalue weighted by Gasteiger charge is 2.15. The summed E-state index contributed by atoms with van der Waals surface area (Å²) < 4.78 is 29.4. The minimum absolute atomic E-state index is 0.300. The first kappa shape index (κ1) is 15.2. The fraction of sp³-hybridized carbons (Fsp3) is 0.750. The largest absolute Gasteiger partial charge is 0.335 e. The van der Waals surface area contributed by atoms with Gasteiger partial charge in [-0.2, -0.15) is 8.42 Å². The minimum Gasteiger partial charge on any atom is -0.335 e. The second kappa shape index (κ2) is 7.53. The molecule has 0 aliphatic heterocycles. The standard InChI is InChI=1S/C12H22N2O3S/c1-3-4-5-6-7-12(17-18(2,15)16)10-14-9-8-13-11-14/h8-9,11-12H,3-7,10H2,1-2H3. The smallest absolute Gasteiger partial charge is 0.264 e. The quantitative estimate of drug-likeness (QED) is 0.511. The van der Waals surface area contributed by atoms with Crippen LogP contribution < -0.4 is 0 Å². The molecule has 18 heavy (non-hydrogen) atoms. The molecule has 0 radical (unpaired) electrons. The lowest BCUT2D eigenvalue weighted by molar-refractivity contribution is 0.175. The third kappa shape index (κ3) is 6.76. The van der Waals surface area contributed by atoms with Gasteiger partial charge in [0.2, 0.25) is 0 Å². The Kier molecular flexibility index (Phi) is 6.35. The Morgan fingerprint density at radius 1 is 1.33 bits per heavy atom. The van der Waals surface area contributed by atoms with Gasteiger partial charge in [-0.25, -0.2) is 4.98 Å². The van der Waals surface area contributed by atoms with Crippen LogP contribution in [0.1, 0.15) is 39.0 Å². The number of rotatable bonds is 9. The highest BCUT2D eigenvalue weighted by molar-refractivity contribution is 7.86. The molecule has 0 saturated heterocycles. The van der Waals surface area contributed by atoms with Crippen LogP contribution in [-0.2, 0) is 20.8 Å². The molecule has 1 unspecified atom stereocenters. The van der Waals surface area contributed by atoms with Gasteiger partial charge in [0, 0.05) is 12.4 Å². The Morgan fingerprint density at radius 2 is 2.11 bits per heavy atom. The minimum atomic E-state index is -3.40. The van der Waals surface area contributed by atoms with Crippen LogP contribution in [0.25, 0.3) is 0 Å². The third-order valence-electron chi connectivity index (χ3n) is 2.66. The van der Waals surface area contributed by atoms with E-state index in [2.05, 4.69) is 11.9 Å². The zero-order valence-corrected chi connectivity index (χ0v) is 11.9. The van der Waals surface area contributed by atoms with Crippen molar-refractivity contribution in [2.45, 2.75) is 51.7 Å². The van der Waals surface area contributed by atoms with E-state index in [0.717, 1.165) is 25.5 Å². The zero-order valence-electron chi connectivity index (χ0n) is 11.1. The lowest BCUT2D eigenvalue weighted by atomic mass is 10.1. The Morgan fingerprint density at radius 3 is 2.67 bits per heavy atom. The van der Waals surface area contributed by atoms with Crippen molar-refractivity contribution in [2.75, 3.05) is 6.26 Å². The molecular weight excluding hydrogens is 252 g/mol. The molecule has 0 bridgehead atoms. The Hall–Kier alpha value is -0.880. The first-order chi connectivity index (χ1) is 8.51. The molecule has 1 atom stereocenters. The number of hydrogen-bond acceptors (Lipinski definition) is 4. The summed E-state index contributed by atoms with van der Waals surface area (Å²) in [5.74, 6) is 0. The van der Waals surface area contributed by atoms with Crippen LogP contribution in [0.4, 0.5) is 0 Å². The molecular formula is C12H22N2O3S. The third-order valence-corrected chi connectivity index (χ3v) is 3.29. The molecule has 0 aliphatic rings. The van der Waals surface area contributed by atoms with Crippen molar-refractivity contribution in [3.05, 3.63) is 18.7 Å². The first-order valence-corrected chi connectivity index (χ1v) is 8.17. The monoisotopic (exact) mass is 274 g/mol. The number of imidazole rings is 1. The predicted molar refractivity (Wildman–Crippen MR) is 70.7 cm³/mol. The molecule has 1 aromatic rings.